The number of nitrogens with zero attached hydrogens (tertiary/aromatic N) is 3. The fourth-order valence-electron chi connectivity index (χ4n) is 1.06. The summed E-state index contributed by atoms with van der Waals surface area (Å²) in [6, 6.07) is 5.22. The number of hydrogen-bond donors (Lipinski definition) is 1. The average molecular weight is 238 g/mol. The Morgan fingerprint density at radius 2 is 2.31 bits per heavy atom. The molecule has 0 aliphatic rings. The second-order valence-electron chi connectivity index (χ2n) is 3.44. The second-order valence-corrected chi connectivity index (χ2v) is 5.24. The zero-order valence-corrected chi connectivity index (χ0v) is 10.1. The van der Waals surface area contributed by atoms with Crippen LogP contribution < -0.4 is 5.32 Å². The van der Waals surface area contributed by atoms with Gasteiger partial charge < -0.3 is 5.32 Å². The highest BCUT2D eigenvalue weighted by Gasteiger charge is 2.05. The Morgan fingerprint density at radius 1 is 1.56 bits per heavy atom. The van der Waals surface area contributed by atoms with E-state index in [0.29, 0.717) is 18.1 Å². The standard InChI is InChI=1S/C10H14N4OS/c1-8(16(2)15)5-6-12-10-4-3-9(7-11)13-14-10/h3-4,8H,5-6H2,1-2H3,(H,12,14). The maximum absolute atomic E-state index is 11.1. The average Bonchev–Trinajstić information content (AvgIpc) is 2.29. The minimum atomic E-state index is -0.792. The lowest BCUT2D eigenvalue weighted by molar-refractivity contribution is 0.672. The molecule has 5 nitrogen and oxygen atoms in total. The molecule has 6 heteroatoms. The first-order valence-electron chi connectivity index (χ1n) is 4.93. The number of nitrogens with one attached hydrogen (secondary N) is 1. The molecule has 0 spiro atoms. The molecular formula is C10H14N4OS. The normalized spacial score (nSPS) is 13.8. The van der Waals surface area contributed by atoms with Gasteiger partial charge in [-0.05, 0) is 18.6 Å². The lowest BCUT2D eigenvalue weighted by Crippen LogP contribution is -2.15. The van der Waals surface area contributed by atoms with Crippen molar-refractivity contribution in [3.8, 4) is 6.07 Å². The second kappa shape index (κ2) is 6.18. The molecule has 0 aliphatic heterocycles. The Kier molecular flexibility index (Phi) is 4.86. The van der Waals surface area contributed by atoms with Crippen LogP contribution in [0.5, 0.6) is 0 Å². The van der Waals surface area contributed by atoms with Gasteiger partial charge in [0.05, 0.1) is 0 Å². The molecule has 0 fully saturated rings. The summed E-state index contributed by atoms with van der Waals surface area (Å²) in [4.78, 5) is 0. The summed E-state index contributed by atoms with van der Waals surface area (Å²) in [5.74, 6) is 0.632. The molecule has 1 N–H and O–H groups in total. The quantitative estimate of drug-likeness (QED) is 0.825. The molecule has 2 atom stereocenters. The number of aromatic nitrogens is 2. The number of anilines is 1. The predicted molar refractivity (Wildman–Crippen MR) is 63.4 cm³/mol. The summed E-state index contributed by atoms with van der Waals surface area (Å²) in [6.07, 6.45) is 2.51. The maximum atomic E-state index is 11.1. The van der Waals surface area contributed by atoms with Crippen molar-refractivity contribution in [2.75, 3.05) is 18.1 Å². The molecule has 0 radical (unpaired) electrons. The third-order valence-electron chi connectivity index (χ3n) is 2.20. The van der Waals surface area contributed by atoms with Gasteiger partial charge in [-0.15, -0.1) is 10.2 Å². The van der Waals surface area contributed by atoms with Gasteiger partial charge in [-0.25, -0.2) is 0 Å². The van der Waals surface area contributed by atoms with Crippen LogP contribution >= 0.6 is 0 Å². The number of nitriles is 1. The molecule has 1 aromatic heterocycles. The third kappa shape index (κ3) is 3.95. The summed E-state index contributed by atoms with van der Waals surface area (Å²) >= 11 is 0. The number of rotatable bonds is 5. The molecule has 0 aromatic carbocycles. The fraction of sp³-hybridized carbons (Fsp3) is 0.500. The smallest absolute Gasteiger partial charge is 0.163 e. The molecule has 0 saturated carbocycles. The van der Waals surface area contributed by atoms with E-state index < -0.39 is 10.8 Å². The van der Waals surface area contributed by atoms with Crippen LogP contribution in [0.4, 0.5) is 5.82 Å². The van der Waals surface area contributed by atoms with E-state index in [-0.39, 0.29) is 5.25 Å². The van der Waals surface area contributed by atoms with Gasteiger partial charge in [0.1, 0.15) is 11.9 Å². The maximum Gasteiger partial charge on any atom is 0.163 e. The van der Waals surface area contributed by atoms with E-state index in [0.717, 1.165) is 6.42 Å². The van der Waals surface area contributed by atoms with Crippen molar-refractivity contribution in [2.24, 2.45) is 0 Å². The Balaban J connectivity index is 2.38. The van der Waals surface area contributed by atoms with E-state index >= 15 is 0 Å². The number of hydrogen-bond acceptors (Lipinski definition) is 5. The van der Waals surface area contributed by atoms with Gasteiger partial charge in [-0.2, -0.15) is 5.26 Å². The highest BCUT2D eigenvalue weighted by molar-refractivity contribution is 7.84. The van der Waals surface area contributed by atoms with Crippen molar-refractivity contribution in [1.29, 1.82) is 5.26 Å². The van der Waals surface area contributed by atoms with E-state index in [4.69, 9.17) is 5.26 Å². The minimum absolute atomic E-state index is 0.166. The molecule has 0 saturated heterocycles. The van der Waals surface area contributed by atoms with E-state index in [1.807, 2.05) is 13.0 Å². The molecule has 2 unspecified atom stereocenters. The van der Waals surface area contributed by atoms with Crippen LogP contribution in [0.15, 0.2) is 12.1 Å². The van der Waals surface area contributed by atoms with Gasteiger partial charge in [0.2, 0.25) is 0 Å². The van der Waals surface area contributed by atoms with E-state index in [9.17, 15) is 4.21 Å². The topological polar surface area (TPSA) is 78.7 Å². The van der Waals surface area contributed by atoms with Gasteiger partial charge in [0, 0.05) is 28.9 Å². The Morgan fingerprint density at radius 3 is 2.81 bits per heavy atom. The van der Waals surface area contributed by atoms with Crippen LogP contribution in [-0.2, 0) is 10.8 Å². The zero-order chi connectivity index (χ0) is 12.0. The van der Waals surface area contributed by atoms with Gasteiger partial charge >= 0.3 is 0 Å². The molecule has 1 rings (SSSR count). The van der Waals surface area contributed by atoms with Gasteiger partial charge in [-0.1, -0.05) is 6.92 Å². The zero-order valence-electron chi connectivity index (χ0n) is 9.30. The monoisotopic (exact) mass is 238 g/mol. The third-order valence-corrected chi connectivity index (χ3v) is 3.57. The van der Waals surface area contributed by atoms with Crippen LogP contribution in [0.25, 0.3) is 0 Å². The first-order valence-corrected chi connectivity index (χ1v) is 6.55. The van der Waals surface area contributed by atoms with Crippen molar-refractivity contribution < 1.29 is 4.21 Å². The molecule has 0 amide bonds. The molecule has 16 heavy (non-hydrogen) atoms. The summed E-state index contributed by atoms with van der Waals surface area (Å²) in [6.45, 7) is 2.64. The largest absolute Gasteiger partial charge is 0.369 e. The van der Waals surface area contributed by atoms with Crippen LogP contribution in [0.3, 0.4) is 0 Å². The van der Waals surface area contributed by atoms with Crippen LogP contribution in [0, 0.1) is 11.3 Å². The van der Waals surface area contributed by atoms with E-state index in [1.165, 1.54) is 0 Å². The van der Waals surface area contributed by atoms with Crippen LogP contribution in [0.1, 0.15) is 19.0 Å². The SMILES string of the molecule is CC(CCNc1ccc(C#N)nn1)S(C)=O. The summed E-state index contributed by atoms with van der Waals surface area (Å²) in [7, 11) is -0.792. The van der Waals surface area contributed by atoms with Crippen LogP contribution in [-0.4, -0.2) is 32.5 Å². The molecule has 0 bridgehead atoms. The first-order chi connectivity index (χ1) is 7.63. The summed E-state index contributed by atoms with van der Waals surface area (Å²) in [5, 5.41) is 19.3. The van der Waals surface area contributed by atoms with Crippen LogP contribution in [0.2, 0.25) is 0 Å². The van der Waals surface area contributed by atoms with E-state index in [1.54, 1.807) is 18.4 Å². The van der Waals surface area contributed by atoms with Gasteiger partial charge in [-0.3, -0.25) is 4.21 Å². The predicted octanol–water partition coefficient (Wildman–Crippen LogP) is 0.917. The highest BCUT2D eigenvalue weighted by Crippen LogP contribution is 2.03. The Bertz CT molecular complexity index is 398. The minimum Gasteiger partial charge on any atom is -0.369 e. The Hall–Kier alpha value is -1.48. The van der Waals surface area contributed by atoms with Crippen molar-refractivity contribution >= 4 is 16.6 Å². The Labute approximate surface area is 97.3 Å². The van der Waals surface area contributed by atoms with E-state index in [2.05, 4.69) is 15.5 Å². The van der Waals surface area contributed by atoms with Gasteiger partial charge in [0.15, 0.2) is 5.69 Å². The molecule has 1 heterocycles. The van der Waals surface area contributed by atoms with Gasteiger partial charge in [0.25, 0.3) is 0 Å². The fourth-order valence-corrected chi connectivity index (χ4v) is 1.51. The van der Waals surface area contributed by atoms with Crippen molar-refractivity contribution in [3.05, 3.63) is 17.8 Å². The molecule has 0 aliphatic carbocycles. The highest BCUT2D eigenvalue weighted by atomic mass is 32.2. The molecule has 86 valence electrons. The lowest BCUT2D eigenvalue weighted by atomic mass is 10.3. The summed E-state index contributed by atoms with van der Waals surface area (Å²) < 4.78 is 11.1. The first kappa shape index (κ1) is 12.6. The molecular weight excluding hydrogens is 224 g/mol. The lowest BCUT2D eigenvalue weighted by Gasteiger charge is -2.08. The summed E-state index contributed by atoms with van der Waals surface area (Å²) in [5.41, 5.74) is 0.300. The van der Waals surface area contributed by atoms with Crippen molar-refractivity contribution in [3.63, 3.8) is 0 Å². The van der Waals surface area contributed by atoms with Crippen molar-refractivity contribution in [2.45, 2.75) is 18.6 Å². The van der Waals surface area contributed by atoms with Crippen molar-refractivity contribution in [1.82, 2.24) is 10.2 Å². The molecule has 1 aromatic rings.